The fourth-order valence-electron chi connectivity index (χ4n) is 4.35. The lowest BCUT2D eigenvalue weighted by atomic mass is 9.91. The number of thiocarbonyl (C=S) groups is 1. The van der Waals surface area contributed by atoms with Crippen LogP contribution in [0.15, 0.2) is 34.1 Å². The van der Waals surface area contributed by atoms with Crippen LogP contribution in [-0.2, 0) is 4.79 Å². The standard InChI is InChI=1S/C22H26N4O2S2/c1-13(2)26-21(28)17(30-22(26)29)10-16-19(24-11-14(3)9-15(4)12-24)23-18-7-5-6-8-25(18)20(16)27/h5-8,10,13-15H,9,11-12H2,1-4H3. The van der Waals surface area contributed by atoms with E-state index >= 15 is 0 Å². The van der Waals surface area contributed by atoms with Gasteiger partial charge in [-0.3, -0.25) is 18.9 Å². The molecule has 2 aromatic heterocycles. The Hall–Kier alpha value is -2.19. The fourth-order valence-corrected chi connectivity index (χ4v) is 5.86. The van der Waals surface area contributed by atoms with Gasteiger partial charge in [0, 0.05) is 25.3 Å². The van der Waals surface area contributed by atoms with Crippen molar-refractivity contribution in [1.29, 1.82) is 0 Å². The molecule has 0 bridgehead atoms. The summed E-state index contributed by atoms with van der Waals surface area (Å²) in [5, 5.41) is 0. The second-order valence-corrected chi connectivity index (χ2v) is 10.3. The van der Waals surface area contributed by atoms with Gasteiger partial charge in [0.05, 0.1) is 10.5 Å². The quantitative estimate of drug-likeness (QED) is 0.533. The summed E-state index contributed by atoms with van der Waals surface area (Å²) in [6.07, 6.45) is 4.56. The first kappa shape index (κ1) is 21.1. The molecule has 2 aromatic rings. The maximum atomic E-state index is 13.4. The average Bonchev–Trinajstić information content (AvgIpc) is 2.96. The number of fused-ring (bicyclic) bond motifs is 1. The molecule has 0 radical (unpaired) electrons. The van der Waals surface area contributed by atoms with Gasteiger partial charge in [0.25, 0.3) is 11.5 Å². The van der Waals surface area contributed by atoms with Crippen molar-refractivity contribution >= 4 is 51.7 Å². The van der Waals surface area contributed by atoms with Crippen LogP contribution in [0.2, 0.25) is 0 Å². The average molecular weight is 443 g/mol. The smallest absolute Gasteiger partial charge is 0.267 e. The van der Waals surface area contributed by atoms with Crippen LogP contribution in [0.25, 0.3) is 11.7 Å². The number of piperidine rings is 1. The van der Waals surface area contributed by atoms with Gasteiger partial charge in [0.2, 0.25) is 0 Å². The molecule has 2 fully saturated rings. The highest BCUT2D eigenvalue weighted by atomic mass is 32.2. The number of anilines is 1. The Balaban J connectivity index is 1.88. The first-order valence-corrected chi connectivity index (χ1v) is 11.5. The van der Waals surface area contributed by atoms with Gasteiger partial charge < -0.3 is 4.90 Å². The van der Waals surface area contributed by atoms with Gasteiger partial charge in [0.15, 0.2) is 0 Å². The molecule has 2 unspecified atom stereocenters. The number of carbonyl (C=O) groups is 1. The summed E-state index contributed by atoms with van der Waals surface area (Å²) >= 11 is 6.65. The normalized spacial score (nSPS) is 24.0. The molecular weight excluding hydrogens is 416 g/mol. The molecule has 0 aliphatic carbocycles. The molecule has 2 atom stereocenters. The Bertz CT molecular complexity index is 1100. The third kappa shape index (κ3) is 3.78. The Labute approximate surface area is 186 Å². The zero-order valence-corrected chi connectivity index (χ0v) is 19.3. The number of nitrogens with zero attached hydrogens (tertiary/aromatic N) is 4. The van der Waals surface area contributed by atoms with E-state index in [1.807, 2.05) is 32.0 Å². The number of carbonyl (C=O) groups excluding carboxylic acids is 1. The minimum absolute atomic E-state index is 0.0255. The number of hydrogen-bond acceptors (Lipinski definition) is 6. The van der Waals surface area contributed by atoms with Crippen LogP contribution in [0.3, 0.4) is 0 Å². The van der Waals surface area contributed by atoms with Gasteiger partial charge in [-0.1, -0.05) is 43.9 Å². The van der Waals surface area contributed by atoms with Crippen LogP contribution in [0.4, 0.5) is 5.82 Å². The topological polar surface area (TPSA) is 57.9 Å². The van der Waals surface area contributed by atoms with E-state index in [1.165, 1.54) is 16.2 Å². The summed E-state index contributed by atoms with van der Waals surface area (Å²) in [6.45, 7) is 10.00. The van der Waals surface area contributed by atoms with Crippen molar-refractivity contribution in [2.24, 2.45) is 11.8 Å². The molecule has 2 aliphatic rings. The first-order valence-electron chi connectivity index (χ1n) is 10.3. The molecule has 2 saturated heterocycles. The van der Waals surface area contributed by atoms with Gasteiger partial charge in [-0.25, -0.2) is 4.98 Å². The summed E-state index contributed by atoms with van der Waals surface area (Å²) < 4.78 is 2.06. The minimum Gasteiger partial charge on any atom is -0.355 e. The van der Waals surface area contributed by atoms with Gasteiger partial charge in [-0.05, 0) is 50.3 Å². The van der Waals surface area contributed by atoms with Crippen LogP contribution >= 0.6 is 24.0 Å². The number of rotatable bonds is 3. The van der Waals surface area contributed by atoms with E-state index in [0.717, 1.165) is 19.5 Å². The molecule has 0 N–H and O–H groups in total. The Morgan fingerprint density at radius 2 is 1.90 bits per heavy atom. The lowest BCUT2D eigenvalue weighted by Gasteiger charge is -2.36. The van der Waals surface area contributed by atoms with Gasteiger partial charge in [-0.2, -0.15) is 0 Å². The lowest BCUT2D eigenvalue weighted by molar-refractivity contribution is -0.123. The van der Waals surface area contributed by atoms with Crippen LogP contribution in [0, 0.1) is 11.8 Å². The molecule has 0 aromatic carbocycles. The van der Waals surface area contributed by atoms with E-state index in [4.69, 9.17) is 17.2 Å². The third-order valence-corrected chi connectivity index (χ3v) is 6.86. The minimum atomic E-state index is -0.170. The van der Waals surface area contributed by atoms with E-state index in [9.17, 15) is 9.59 Å². The molecule has 1 amide bonds. The van der Waals surface area contributed by atoms with Crippen molar-refractivity contribution in [2.75, 3.05) is 18.0 Å². The highest BCUT2D eigenvalue weighted by molar-refractivity contribution is 8.26. The van der Waals surface area contributed by atoms with Gasteiger partial charge in [0.1, 0.15) is 15.8 Å². The number of hydrogen-bond donors (Lipinski definition) is 0. The summed E-state index contributed by atoms with van der Waals surface area (Å²) in [7, 11) is 0. The highest BCUT2D eigenvalue weighted by Crippen LogP contribution is 2.35. The predicted octanol–water partition coefficient (Wildman–Crippen LogP) is 3.79. The molecule has 4 rings (SSSR count). The third-order valence-electron chi connectivity index (χ3n) is 5.53. The zero-order valence-electron chi connectivity index (χ0n) is 17.7. The molecule has 6 nitrogen and oxygen atoms in total. The Kier molecular flexibility index (Phi) is 5.72. The van der Waals surface area contributed by atoms with Crippen molar-refractivity contribution in [1.82, 2.24) is 14.3 Å². The Morgan fingerprint density at radius 1 is 1.20 bits per heavy atom. The molecular formula is C22H26N4O2S2. The highest BCUT2D eigenvalue weighted by Gasteiger charge is 2.35. The summed E-state index contributed by atoms with van der Waals surface area (Å²) in [6, 6.07) is 5.50. The molecule has 30 heavy (non-hydrogen) atoms. The zero-order chi connectivity index (χ0) is 21.6. The number of pyridine rings is 1. The molecule has 2 aliphatic heterocycles. The van der Waals surface area contributed by atoms with Crippen molar-refractivity contribution in [3.63, 3.8) is 0 Å². The van der Waals surface area contributed by atoms with Gasteiger partial charge >= 0.3 is 0 Å². The monoisotopic (exact) mass is 442 g/mol. The van der Waals surface area contributed by atoms with Crippen molar-refractivity contribution in [3.8, 4) is 0 Å². The van der Waals surface area contributed by atoms with E-state index in [1.54, 1.807) is 17.2 Å². The molecule has 0 spiro atoms. The van der Waals surface area contributed by atoms with Crippen molar-refractivity contribution < 1.29 is 4.79 Å². The lowest BCUT2D eigenvalue weighted by Crippen LogP contribution is -2.40. The van der Waals surface area contributed by atoms with Crippen LogP contribution in [-0.4, -0.2) is 43.6 Å². The molecule has 8 heteroatoms. The van der Waals surface area contributed by atoms with Crippen LogP contribution in [0.1, 0.15) is 39.7 Å². The molecule has 158 valence electrons. The number of amides is 1. The Morgan fingerprint density at radius 3 is 2.53 bits per heavy atom. The van der Waals surface area contributed by atoms with E-state index in [0.29, 0.717) is 38.1 Å². The first-order chi connectivity index (χ1) is 14.3. The maximum absolute atomic E-state index is 13.4. The SMILES string of the molecule is CC1CC(C)CN(c2nc3ccccn3c(=O)c2C=C2SC(=S)N(C(C)C)C2=O)C1. The molecule has 4 heterocycles. The van der Waals surface area contributed by atoms with Crippen molar-refractivity contribution in [2.45, 2.75) is 40.2 Å². The fraction of sp³-hybridized carbons (Fsp3) is 0.455. The van der Waals surface area contributed by atoms with Gasteiger partial charge in [-0.15, -0.1) is 0 Å². The second-order valence-electron chi connectivity index (χ2n) is 8.58. The number of aromatic nitrogens is 2. The molecule has 0 saturated carbocycles. The largest absolute Gasteiger partial charge is 0.355 e. The second kappa shape index (κ2) is 8.15. The summed E-state index contributed by atoms with van der Waals surface area (Å²) in [4.78, 5) is 35.5. The van der Waals surface area contributed by atoms with E-state index in [-0.39, 0.29) is 17.5 Å². The predicted molar refractivity (Wildman–Crippen MR) is 127 cm³/mol. The number of thioether (sulfide) groups is 1. The van der Waals surface area contributed by atoms with Crippen molar-refractivity contribution in [3.05, 3.63) is 45.2 Å². The van der Waals surface area contributed by atoms with E-state index < -0.39 is 0 Å². The van der Waals surface area contributed by atoms with Crippen LogP contribution in [0.5, 0.6) is 0 Å². The van der Waals surface area contributed by atoms with Crippen LogP contribution < -0.4 is 10.5 Å². The maximum Gasteiger partial charge on any atom is 0.267 e. The summed E-state index contributed by atoms with van der Waals surface area (Å²) in [5.41, 5.74) is 0.885. The summed E-state index contributed by atoms with van der Waals surface area (Å²) in [5.74, 6) is 1.52. The van der Waals surface area contributed by atoms with E-state index in [2.05, 4.69) is 18.7 Å².